The number of hydrogen-bond donors (Lipinski definition) is 1. The molecule has 5 nitrogen and oxygen atoms in total. The van der Waals surface area contributed by atoms with Gasteiger partial charge in [0.25, 0.3) is 0 Å². The third kappa shape index (κ3) is 4.48. The van der Waals surface area contributed by atoms with Crippen LogP contribution in [-0.2, 0) is 9.53 Å². The summed E-state index contributed by atoms with van der Waals surface area (Å²) in [5, 5.41) is 7.35. The lowest BCUT2D eigenvalue weighted by Gasteiger charge is -2.41. The molecule has 0 unspecified atom stereocenters. The van der Waals surface area contributed by atoms with E-state index < -0.39 is 0 Å². The van der Waals surface area contributed by atoms with Crippen molar-refractivity contribution in [3.05, 3.63) is 18.0 Å². The van der Waals surface area contributed by atoms with E-state index in [9.17, 15) is 4.79 Å². The summed E-state index contributed by atoms with van der Waals surface area (Å²) in [5.41, 5.74) is 1.07. The molecule has 0 radical (unpaired) electrons. The number of hydrogen-bond acceptors (Lipinski definition) is 3. The summed E-state index contributed by atoms with van der Waals surface area (Å²) in [7, 11) is 0. The molecular weight excluding hydrogens is 326 g/mol. The van der Waals surface area contributed by atoms with Gasteiger partial charge in [-0.1, -0.05) is 20.8 Å². The summed E-state index contributed by atoms with van der Waals surface area (Å²) in [5.74, 6) is 2.13. The second-order valence-electron chi connectivity index (χ2n) is 8.37. The van der Waals surface area contributed by atoms with Crippen molar-refractivity contribution in [1.82, 2.24) is 15.1 Å². The number of H-pyrrole nitrogens is 1. The predicted octanol–water partition coefficient (Wildman–Crippen LogP) is 4.13. The maximum Gasteiger partial charge on any atom is 0.222 e. The first kappa shape index (κ1) is 19.4. The number of ether oxygens (including phenoxy) is 1. The summed E-state index contributed by atoms with van der Waals surface area (Å²) >= 11 is 0. The molecule has 2 fully saturated rings. The third-order valence-corrected chi connectivity index (χ3v) is 6.47. The second kappa shape index (κ2) is 9.03. The van der Waals surface area contributed by atoms with Crippen LogP contribution in [0.1, 0.15) is 77.3 Å². The number of amides is 1. The minimum Gasteiger partial charge on any atom is -0.376 e. The van der Waals surface area contributed by atoms with E-state index in [0.717, 1.165) is 49.8 Å². The van der Waals surface area contributed by atoms with Gasteiger partial charge in [-0.05, 0) is 56.4 Å². The van der Waals surface area contributed by atoms with Crippen molar-refractivity contribution < 1.29 is 9.53 Å². The molecule has 1 aliphatic carbocycles. The van der Waals surface area contributed by atoms with Crippen molar-refractivity contribution in [2.75, 3.05) is 13.2 Å². The van der Waals surface area contributed by atoms with Crippen molar-refractivity contribution in [3.8, 4) is 0 Å². The Balaban J connectivity index is 1.63. The van der Waals surface area contributed by atoms with Gasteiger partial charge in [0, 0.05) is 25.1 Å². The Morgan fingerprint density at radius 3 is 2.69 bits per heavy atom. The Kier molecular flexibility index (Phi) is 6.74. The molecule has 5 heteroatoms. The van der Waals surface area contributed by atoms with Gasteiger partial charge in [-0.25, -0.2) is 0 Å². The Morgan fingerprint density at radius 1 is 1.31 bits per heavy atom. The van der Waals surface area contributed by atoms with Gasteiger partial charge in [-0.2, -0.15) is 5.10 Å². The normalized spacial score (nSPS) is 29.9. The number of piperidine rings is 1. The highest BCUT2D eigenvalue weighted by molar-refractivity contribution is 5.76. The molecule has 1 saturated heterocycles. The number of aromatic nitrogens is 2. The van der Waals surface area contributed by atoms with Crippen molar-refractivity contribution in [1.29, 1.82) is 0 Å². The molecule has 1 aliphatic heterocycles. The SMILES string of the molecule is CCC(=O)N1CCC[C@H](c2cc[nH]n2)[C@@H]1CO[C@H]1CC[C@@H](C(C)C)CC1. The van der Waals surface area contributed by atoms with Crippen LogP contribution in [0.5, 0.6) is 0 Å². The fourth-order valence-electron chi connectivity index (χ4n) is 4.76. The molecule has 1 aromatic rings. The number of rotatable bonds is 6. The first-order valence-electron chi connectivity index (χ1n) is 10.5. The van der Waals surface area contributed by atoms with E-state index in [1.807, 2.05) is 19.2 Å². The molecule has 2 heterocycles. The molecule has 0 bridgehead atoms. The second-order valence-corrected chi connectivity index (χ2v) is 8.37. The number of likely N-dealkylation sites (tertiary alicyclic amines) is 1. The number of nitrogens with one attached hydrogen (secondary N) is 1. The van der Waals surface area contributed by atoms with Crippen LogP contribution in [0.15, 0.2) is 12.3 Å². The molecule has 146 valence electrons. The highest BCUT2D eigenvalue weighted by Gasteiger charge is 2.36. The van der Waals surface area contributed by atoms with Crippen LogP contribution in [0, 0.1) is 11.8 Å². The van der Waals surface area contributed by atoms with E-state index in [-0.39, 0.29) is 17.9 Å². The molecule has 1 saturated carbocycles. The maximum absolute atomic E-state index is 12.5. The minimum absolute atomic E-state index is 0.113. The number of aromatic amines is 1. The topological polar surface area (TPSA) is 58.2 Å². The molecule has 1 aromatic heterocycles. The predicted molar refractivity (Wildman–Crippen MR) is 103 cm³/mol. The summed E-state index contributed by atoms with van der Waals surface area (Å²) in [6.07, 6.45) is 9.76. The average molecular weight is 362 g/mol. The quantitative estimate of drug-likeness (QED) is 0.829. The highest BCUT2D eigenvalue weighted by Crippen LogP contribution is 2.35. The van der Waals surface area contributed by atoms with E-state index >= 15 is 0 Å². The molecule has 0 aromatic carbocycles. The van der Waals surface area contributed by atoms with Gasteiger partial charge in [0.05, 0.1) is 24.4 Å². The van der Waals surface area contributed by atoms with E-state index in [0.29, 0.717) is 19.1 Å². The smallest absolute Gasteiger partial charge is 0.222 e. The van der Waals surface area contributed by atoms with Crippen LogP contribution in [0.2, 0.25) is 0 Å². The zero-order valence-corrected chi connectivity index (χ0v) is 16.6. The van der Waals surface area contributed by atoms with Crippen LogP contribution in [-0.4, -0.2) is 46.3 Å². The highest BCUT2D eigenvalue weighted by atomic mass is 16.5. The van der Waals surface area contributed by atoms with Crippen LogP contribution >= 0.6 is 0 Å². The summed E-state index contributed by atoms with van der Waals surface area (Å²) in [6.45, 7) is 8.10. The van der Waals surface area contributed by atoms with E-state index in [1.54, 1.807) is 0 Å². The van der Waals surface area contributed by atoms with Gasteiger partial charge >= 0.3 is 0 Å². The van der Waals surface area contributed by atoms with Crippen LogP contribution in [0.3, 0.4) is 0 Å². The fourth-order valence-corrected chi connectivity index (χ4v) is 4.76. The molecule has 2 aliphatic rings. The summed E-state index contributed by atoms with van der Waals surface area (Å²) in [4.78, 5) is 14.6. The first-order valence-corrected chi connectivity index (χ1v) is 10.5. The summed E-state index contributed by atoms with van der Waals surface area (Å²) in [6, 6.07) is 2.16. The van der Waals surface area contributed by atoms with Crippen molar-refractivity contribution in [3.63, 3.8) is 0 Å². The standard InChI is InChI=1S/C21H35N3O2/c1-4-21(25)24-13-5-6-18(19-11-12-22-23-19)20(24)14-26-17-9-7-16(8-10-17)15(2)3/h11-12,15-18,20H,4-10,13-14H2,1-3H3,(H,22,23)/t16-,17+,18-,20+/m1/s1. The molecule has 1 N–H and O–H groups in total. The van der Waals surface area contributed by atoms with E-state index in [1.165, 1.54) is 12.8 Å². The third-order valence-electron chi connectivity index (χ3n) is 6.47. The minimum atomic E-state index is 0.113. The lowest BCUT2D eigenvalue weighted by molar-refractivity contribution is -0.138. The van der Waals surface area contributed by atoms with Crippen LogP contribution < -0.4 is 0 Å². The van der Waals surface area contributed by atoms with E-state index in [4.69, 9.17) is 4.74 Å². The van der Waals surface area contributed by atoms with Gasteiger partial charge in [0.15, 0.2) is 0 Å². The molecule has 3 rings (SSSR count). The fraction of sp³-hybridized carbons (Fsp3) is 0.810. The van der Waals surface area contributed by atoms with Crippen molar-refractivity contribution in [2.24, 2.45) is 11.8 Å². The lowest BCUT2D eigenvalue weighted by atomic mass is 9.80. The number of carbonyl (C=O) groups is 1. The van der Waals surface area contributed by atoms with Gasteiger partial charge in [0.2, 0.25) is 5.91 Å². The molecule has 1 amide bonds. The largest absolute Gasteiger partial charge is 0.376 e. The Labute approximate surface area is 157 Å². The molecule has 26 heavy (non-hydrogen) atoms. The van der Waals surface area contributed by atoms with Gasteiger partial charge in [-0.15, -0.1) is 0 Å². The van der Waals surface area contributed by atoms with Gasteiger partial charge in [0.1, 0.15) is 0 Å². The van der Waals surface area contributed by atoms with Crippen LogP contribution in [0.25, 0.3) is 0 Å². The number of nitrogens with zero attached hydrogens (tertiary/aromatic N) is 2. The summed E-state index contributed by atoms with van der Waals surface area (Å²) < 4.78 is 6.37. The molecule has 0 spiro atoms. The van der Waals surface area contributed by atoms with Gasteiger partial charge in [-0.3, -0.25) is 9.89 Å². The van der Waals surface area contributed by atoms with Gasteiger partial charge < -0.3 is 9.64 Å². The van der Waals surface area contributed by atoms with Crippen molar-refractivity contribution >= 4 is 5.91 Å². The average Bonchev–Trinajstić information content (AvgIpc) is 3.20. The number of carbonyl (C=O) groups excluding carboxylic acids is 1. The zero-order chi connectivity index (χ0) is 18.5. The zero-order valence-electron chi connectivity index (χ0n) is 16.6. The Hall–Kier alpha value is -1.36. The first-order chi connectivity index (χ1) is 12.6. The molecular formula is C21H35N3O2. The van der Waals surface area contributed by atoms with E-state index in [2.05, 4.69) is 28.9 Å². The van der Waals surface area contributed by atoms with Crippen LogP contribution in [0.4, 0.5) is 0 Å². The Bertz CT molecular complexity index is 550. The van der Waals surface area contributed by atoms with Crippen molar-refractivity contribution in [2.45, 2.75) is 83.8 Å². The Morgan fingerprint density at radius 2 is 2.08 bits per heavy atom. The maximum atomic E-state index is 12.5. The lowest BCUT2D eigenvalue weighted by Crippen LogP contribution is -2.50. The monoisotopic (exact) mass is 361 g/mol. The molecule has 2 atom stereocenters.